The minimum absolute atomic E-state index is 0.0451. The number of nitrogens with zero attached hydrogens (tertiary/aromatic N) is 3. The molecule has 0 spiro atoms. The number of pyridine rings is 1. The second-order valence-corrected chi connectivity index (χ2v) is 9.15. The lowest BCUT2D eigenvalue weighted by molar-refractivity contribution is -0.140. The summed E-state index contributed by atoms with van der Waals surface area (Å²) in [6, 6.07) is 14.9. The van der Waals surface area contributed by atoms with Crippen LogP contribution in [0.5, 0.6) is 0 Å². The van der Waals surface area contributed by atoms with Crippen molar-refractivity contribution >= 4 is 34.3 Å². The van der Waals surface area contributed by atoms with Crippen molar-refractivity contribution < 1.29 is 13.2 Å². The molecular weight excluding hydrogens is 487 g/mol. The van der Waals surface area contributed by atoms with Gasteiger partial charge in [-0.05, 0) is 36.2 Å². The van der Waals surface area contributed by atoms with Crippen LogP contribution in [-0.2, 0) is 25.5 Å². The predicted octanol–water partition coefficient (Wildman–Crippen LogP) is 5.42. The molecule has 0 saturated heterocycles. The third-order valence-corrected chi connectivity index (χ3v) is 7.03. The van der Waals surface area contributed by atoms with Gasteiger partial charge < -0.3 is 0 Å². The maximum absolute atomic E-state index is 13.0. The minimum atomic E-state index is -4.59. The highest BCUT2D eigenvalue weighted by Gasteiger charge is 2.33. The van der Waals surface area contributed by atoms with Crippen molar-refractivity contribution in [2.75, 3.05) is 0 Å². The molecule has 0 aliphatic heterocycles. The number of fused-ring (bicyclic) bond motifs is 1. The number of hydrogen-bond acceptors (Lipinski definition) is 4. The summed E-state index contributed by atoms with van der Waals surface area (Å²) in [6.07, 6.45) is -4.59. The Hall–Kier alpha value is -3.04. The van der Waals surface area contributed by atoms with Crippen LogP contribution in [-0.4, -0.2) is 14.1 Å². The number of halogens is 4. The zero-order valence-corrected chi connectivity index (χ0v) is 19.8. The fraction of sp³-hybridized carbons (Fsp3) is 0.208. The Morgan fingerprint density at radius 3 is 2.41 bits per heavy atom. The van der Waals surface area contributed by atoms with Gasteiger partial charge >= 0.3 is 11.9 Å². The lowest BCUT2D eigenvalue weighted by Crippen LogP contribution is -2.41. The number of thioether (sulfide) groups is 1. The molecule has 0 radical (unpaired) electrons. The molecule has 176 valence electrons. The van der Waals surface area contributed by atoms with Gasteiger partial charge in [0, 0.05) is 23.8 Å². The second-order valence-electron chi connectivity index (χ2n) is 7.78. The highest BCUT2D eigenvalue weighted by Crippen LogP contribution is 2.34. The molecule has 10 heteroatoms. The van der Waals surface area contributed by atoms with E-state index in [9.17, 15) is 22.8 Å². The van der Waals surface area contributed by atoms with E-state index in [1.54, 1.807) is 26.1 Å². The third kappa shape index (κ3) is 4.76. The Morgan fingerprint density at radius 1 is 1.03 bits per heavy atom. The smallest absolute Gasteiger partial charge is 0.291 e. The lowest BCUT2D eigenvalue weighted by atomic mass is 10.1. The molecule has 0 amide bonds. The van der Waals surface area contributed by atoms with Crippen molar-refractivity contribution in [3.05, 3.63) is 103 Å². The third-order valence-electron chi connectivity index (χ3n) is 5.38. The molecule has 0 aliphatic carbocycles. The maximum Gasteiger partial charge on any atom is 0.433 e. The molecule has 2 heterocycles. The van der Waals surface area contributed by atoms with E-state index in [0.29, 0.717) is 21.7 Å². The Bertz CT molecular complexity index is 1460. The molecule has 0 saturated carbocycles. The molecule has 0 bridgehead atoms. The highest BCUT2D eigenvalue weighted by atomic mass is 35.5. The molecular formula is C24H19ClF3N3O2S. The number of hydrogen-bond donors (Lipinski definition) is 0. The summed E-state index contributed by atoms with van der Waals surface area (Å²) in [6.45, 7) is 1.85. The summed E-state index contributed by atoms with van der Waals surface area (Å²) >= 11 is 7.40. The van der Waals surface area contributed by atoms with Crippen LogP contribution in [0.3, 0.4) is 0 Å². The summed E-state index contributed by atoms with van der Waals surface area (Å²) in [5.41, 5.74) is 0.359. The number of alkyl halides is 3. The summed E-state index contributed by atoms with van der Waals surface area (Å²) in [5.74, 6) is 0.379. The lowest BCUT2D eigenvalue weighted by Gasteiger charge is -2.15. The Labute approximate surface area is 201 Å². The van der Waals surface area contributed by atoms with Crippen LogP contribution in [0.1, 0.15) is 22.4 Å². The van der Waals surface area contributed by atoms with Gasteiger partial charge in [-0.3, -0.25) is 13.9 Å². The first kappa shape index (κ1) is 24.1. The van der Waals surface area contributed by atoms with Gasteiger partial charge in [-0.2, -0.15) is 13.2 Å². The molecule has 4 rings (SSSR count). The summed E-state index contributed by atoms with van der Waals surface area (Å²) in [7, 11) is 1.61. The van der Waals surface area contributed by atoms with Gasteiger partial charge in [-0.15, -0.1) is 11.8 Å². The molecule has 2 aromatic carbocycles. The van der Waals surface area contributed by atoms with E-state index < -0.39 is 17.6 Å². The van der Waals surface area contributed by atoms with Crippen LogP contribution in [0.15, 0.2) is 69.2 Å². The van der Waals surface area contributed by atoms with Gasteiger partial charge in [0.2, 0.25) is 0 Å². The average molecular weight is 506 g/mol. The summed E-state index contributed by atoms with van der Waals surface area (Å²) in [4.78, 5) is 29.5. The van der Waals surface area contributed by atoms with Crippen LogP contribution in [0.25, 0.3) is 10.9 Å². The monoisotopic (exact) mass is 505 g/mol. The topological polar surface area (TPSA) is 56.9 Å². The van der Waals surface area contributed by atoms with Crippen molar-refractivity contribution in [1.29, 1.82) is 0 Å². The van der Waals surface area contributed by atoms with Gasteiger partial charge in [-0.25, -0.2) is 9.78 Å². The second kappa shape index (κ2) is 9.31. The first-order valence-electron chi connectivity index (χ1n) is 10.2. The van der Waals surface area contributed by atoms with Gasteiger partial charge in [-0.1, -0.05) is 48.0 Å². The van der Waals surface area contributed by atoms with Crippen molar-refractivity contribution in [2.45, 2.75) is 30.4 Å². The number of aromatic nitrogens is 3. The summed E-state index contributed by atoms with van der Waals surface area (Å²) in [5, 5.41) is 0.879. The van der Waals surface area contributed by atoms with Crippen LogP contribution in [0.2, 0.25) is 5.02 Å². The van der Waals surface area contributed by atoms with Crippen molar-refractivity contribution in [1.82, 2.24) is 14.1 Å². The van der Waals surface area contributed by atoms with Crippen molar-refractivity contribution in [2.24, 2.45) is 7.05 Å². The molecule has 0 fully saturated rings. The fourth-order valence-corrected chi connectivity index (χ4v) is 4.94. The van der Waals surface area contributed by atoms with E-state index in [1.165, 1.54) is 27.0 Å². The molecule has 0 unspecified atom stereocenters. The van der Waals surface area contributed by atoms with Crippen LogP contribution >= 0.6 is 23.4 Å². The van der Waals surface area contributed by atoms with Gasteiger partial charge in [0.05, 0.1) is 22.1 Å². The van der Waals surface area contributed by atoms with E-state index in [2.05, 4.69) is 4.98 Å². The molecule has 5 nitrogen and oxygen atoms in total. The SMILES string of the molecule is Cc1c(SCc2ccc3nc(C(F)(F)F)cc(Cl)c3c2)n(C)c(=O)n(Cc2ccccc2)c1=O. The van der Waals surface area contributed by atoms with Crippen molar-refractivity contribution in [3.63, 3.8) is 0 Å². The largest absolute Gasteiger partial charge is 0.433 e. The van der Waals surface area contributed by atoms with E-state index in [1.807, 2.05) is 30.3 Å². The maximum atomic E-state index is 13.0. The highest BCUT2D eigenvalue weighted by molar-refractivity contribution is 7.98. The van der Waals surface area contributed by atoms with E-state index in [0.717, 1.165) is 17.2 Å². The molecule has 0 N–H and O–H groups in total. The first-order valence-corrected chi connectivity index (χ1v) is 11.6. The zero-order valence-electron chi connectivity index (χ0n) is 18.2. The molecule has 0 atom stereocenters. The first-order chi connectivity index (χ1) is 16.1. The Morgan fingerprint density at radius 2 is 1.74 bits per heavy atom. The quantitative estimate of drug-likeness (QED) is 0.268. The predicted molar refractivity (Wildman–Crippen MR) is 128 cm³/mol. The fourth-order valence-electron chi connectivity index (χ4n) is 3.63. The molecule has 34 heavy (non-hydrogen) atoms. The standard InChI is InChI=1S/C24H19ClF3N3O2S/c1-14-21(32)31(12-15-6-4-3-5-7-15)23(33)30(2)22(14)34-13-16-8-9-19-17(10-16)18(25)11-20(29-19)24(26,27)28/h3-11H,12-13H2,1-2H3. The van der Waals surface area contributed by atoms with Crippen LogP contribution < -0.4 is 11.2 Å². The molecule has 0 aliphatic rings. The Kier molecular flexibility index (Phi) is 6.60. The van der Waals surface area contributed by atoms with Crippen molar-refractivity contribution in [3.8, 4) is 0 Å². The van der Waals surface area contributed by atoms with E-state index >= 15 is 0 Å². The van der Waals surface area contributed by atoms with Crippen LogP contribution in [0, 0.1) is 6.92 Å². The van der Waals surface area contributed by atoms with Gasteiger partial charge in [0.1, 0.15) is 5.69 Å². The van der Waals surface area contributed by atoms with Gasteiger partial charge in [0.15, 0.2) is 0 Å². The minimum Gasteiger partial charge on any atom is -0.291 e. The molecule has 2 aromatic heterocycles. The normalized spacial score (nSPS) is 11.8. The number of benzene rings is 2. The molecule has 4 aromatic rings. The summed E-state index contributed by atoms with van der Waals surface area (Å²) < 4.78 is 41.6. The number of rotatable bonds is 5. The van der Waals surface area contributed by atoms with Gasteiger partial charge in [0.25, 0.3) is 5.56 Å². The zero-order chi connectivity index (χ0) is 24.6. The van der Waals surface area contributed by atoms with E-state index in [4.69, 9.17) is 11.6 Å². The van der Waals surface area contributed by atoms with E-state index in [-0.39, 0.29) is 22.6 Å². The Balaban J connectivity index is 1.63. The average Bonchev–Trinajstić information content (AvgIpc) is 2.81. The van der Waals surface area contributed by atoms with Crippen LogP contribution in [0.4, 0.5) is 13.2 Å².